The van der Waals surface area contributed by atoms with Gasteiger partial charge in [0.05, 0.1) is 32.2 Å². The molecule has 0 unspecified atom stereocenters. The topological polar surface area (TPSA) is 62.6 Å². The van der Waals surface area contributed by atoms with E-state index in [0.717, 1.165) is 37.7 Å². The summed E-state index contributed by atoms with van der Waals surface area (Å²) in [5.74, 6) is 0.871. The summed E-state index contributed by atoms with van der Waals surface area (Å²) in [5, 5.41) is 5.58. The van der Waals surface area contributed by atoms with E-state index in [1.807, 2.05) is 18.2 Å². The maximum atomic E-state index is 12.6. The SMILES string of the molecule is C[C@H](NC(=O)C[NH+]1CCN(c2ncccn2)CC1)c1cccc2ccccc12. The van der Waals surface area contributed by atoms with Crippen LogP contribution in [0.4, 0.5) is 5.95 Å². The Kier molecular flexibility index (Phi) is 5.48. The van der Waals surface area contributed by atoms with Gasteiger partial charge in [-0.3, -0.25) is 4.79 Å². The molecule has 1 atom stereocenters. The Hall–Kier alpha value is -2.99. The molecule has 1 aromatic heterocycles. The molecule has 144 valence electrons. The van der Waals surface area contributed by atoms with Crippen LogP contribution >= 0.6 is 0 Å². The molecule has 0 saturated carbocycles. The first-order valence-electron chi connectivity index (χ1n) is 9.83. The summed E-state index contributed by atoms with van der Waals surface area (Å²) < 4.78 is 0. The molecular formula is C22H26N5O+. The number of fused-ring (bicyclic) bond motifs is 1. The lowest BCUT2D eigenvalue weighted by atomic mass is 10.00. The molecule has 4 rings (SSSR count). The van der Waals surface area contributed by atoms with Crippen LogP contribution in [0.3, 0.4) is 0 Å². The number of piperazine rings is 1. The number of hydrogen-bond donors (Lipinski definition) is 2. The van der Waals surface area contributed by atoms with E-state index in [1.165, 1.54) is 15.7 Å². The van der Waals surface area contributed by atoms with E-state index < -0.39 is 0 Å². The Labute approximate surface area is 165 Å². The molecule has 1 saturated heterocycles. The number of benzene rings is 2. The Balaban J connectivity index is 1.32. The first kappa shape index (κ1) is 18.4. The third-order valence-electron chi connectivity index (χ3n) is 5.38. The smallest absolute Gasteiger partial charge is 0.275 e. The highest BCUT2D eigenvalue weighted by molar-refractivity contribution is 5.87. The molecule has 0 spiro atoms. The van der Waals surface area contributed by atoms with Crippen LogP contribution in [-0.2, 0) is 4.79 Å². The van der Waals surface area contributed by atoms with Gasteiger partial charge >= 0.3 is 0 Å². The van der Waals surface area contributed by atoms with Crippen LogP contribution in [0.2, 0.25) is 0 Å². The van der Waals surface area contributed by atoms with Gasteiger partial charge in [-0.15, -0.1) is 0 Å². The van der Waals surface area contributed by atoms with E-state index in [1.54, 1.807) is 12.4 Å². The van der Waals surface area contributed by atoms with Crippen molar-refractivity contribution in [3.05, 3.63) is 66.5 Å². The number of nitrogens with one attached hydrogen (secondary N) is 2. The molecule has 1 fully saturated rings. The average molecular weight is 376 g/mol. The Morgan fingerprint density at radius 1 is 1.07 bits per heavy atom. The number of nitrogens with zero attached hydrogens (tertiary/aromatic N) is 3. The highest BCUT2D eigenvalue weighted by atomic mass is 16.2. The van der Waals surface area contributed by atoms with Gasteiger partial charge in [-0.25, -0.2) is 9.97 Å². The molecule has 3 aromatic rings. The van der Waals surface area contributed by atoms with Crippen molar-refractivity contribution in [1.29, 1.82) is 0 Å². The largest absolute Gasteiger partial charge is 0.345 e. The minimum atomic E-state index is -0.0167. The zero-order chi connectivity index (χ0) is 19.3. The van der Waals surface area contributed by atoms with Crippen molar-refractivity contribution >= 4 is 22.6 Å². The minimum absolute atomic E-state index is 0.0167. The summed E-state index contributed by atoms with van der Waals surface area (Å²) in [7, 11) is 0. The van der Waals surface area contributed by atoms with E-state index in [9.17, 15) is 4.79 Å². The van der Waals surface area contributed by atoms with Crippen LogP contribution in [0.25, 0.3) is 10.8 Å². The number of aromatic nitrogens is 2. The number of amides is 1. The van der Waals surface area contributed by atoms with Crippen LogP contribution in [0.5, 0.6) is 0 Å². The van der Waals surface area contributed by atoms with Gasteiger partial charge in [-0.1, -0.05) is 42.5 Å². The number of rotatable bonds is 5. The number of carbonyl (C=O) groups excluding carboxylic acids is 1. The van der Waals surface area contributed by atoms with Crippen LogP contribution in [0.1, 0.15) is 18.5 Å². The fraction of sp³-hybridized carbons (Fsp3) is 0.318. The monoisotopic (exact) mass is 376 g/mol. The third kappa shape index (κ3) is 4.12. The predicted molar refractivity (Wildman–Crippen MR) is 110 cm³/mol. The molecule has 28 heavy (non-hydrogen) atoms. The van der Waals surface area contributed by atoms with Crippen molar-refractivity contribution in [2.45, 2.75) is 13.0 Å². The van der Waals surface area contributed by atoms with Crippen LogP contribution in [0, 0.1) is 0 Å². The molecule has 1 amide bonds. The average Bonchev–Trinajstić information content (AvgIpc) is 2.74. The lowest BCUT2D eigenvalue weighted by molar-refractivity contribution is -0.892. The van der Waals surface area contributed by atoms with E-state index in [4.69, 9.17) is 0 Å². The van der Waals surface area contributed by atoms with Crippen molar-refractivity contribution in [3.63, 3.8) is 0 Å². The molecule has 0 radical (unpaired) electrons. The predicted octanol–water partition coefficient (Wildman–Crippen LogP) is 1.21. The standard InChI is InChI=1S/C22H25N5O/c1-17(19-9-4-7-18-6-2-3-8-20(18)19)25-21(28)16-26-12-14-27(15-13-26)22-23-10-5-11-24-22/h2-11,17H,12-16H2,1H3,(H,25,28)/p+1/t17-/m0/s1. The Morgan fingerprint density at radius 3 is 2.57 bits per heavy atom. The highest BCUT2D eigenvalue weighted by Gasteiger charge is 2.24. The molecule has 2 heterocycles. The van der Waals surface area contributed by atoms with E-state index in [-0.39, 0.29) is 11.9 Å². The second kappa shape index (κ2) is 8.35. The molecule has 1 aliphatic rings. The number of anilines is 1. The summed E-state index contributed by atoms with van der Waals surface area (Å²) in [6.45, 7) is 6.11. The summed E-state index contributed by atoms with van der Waals surface area (Å²) in [6.07, 6.45) is 3.54. The first-order chi connectivity index (χ1) is 13.7. The van der Waals surface area contributed by atoms with Gasteiger partial charge < -0.3 is 15.1 Å². The maximum Gasteiger partial charge on any atom is 0.275 e. The zero-order valence-corrected chi connectivity index (χ0v) is 16.1. The lowest BCUT2D eigenvalue weighted by Crippen LogP contribution is -3.16. The molecule has 0 bridgehead atoms. The number of quaternary nitrogens is 1. The number of hydrogen-bond acceptors (Lipinski definition) is 4. The van der Waals surface area contributed by atoms with Gasteiger partial charge in [0.2, 0.25) is 5.95 Å². The minimum Gasteiger partial charge on any atom is -0.345 e. The lowest BCUT2D eigenvalue weighted by Gasteiger charge is -2.32. The van der Waals surface area contributed by atoms with Crippen molar-refractivity contribution in [1.82, 2.24) is 15.3 Å². The fourth-order valence-electron chi connectivity index (χ4n) is 3.88. The van der Waals surface area contributed by atoms with Crippen molar-refractivity contribution in [2.24, 2.45) is 0 Å². The normalized spacial score (nSPS) is 16.1. The van der Waals surface area contributed by atoms with Gasteiger partial charge in [0.1, 0.15) is 0 Å². The van der Waals surface area contributed by atoms with Crippen molar-refractivity contribution < 1.29 is 9.69 Å². The van der Waals surface area contributed by atoms with Crippen LogP contribution < -0.4 is 15.1 Å². The van der Waals surface area contributed by atoms with E-state index >= 15 is 0 Å². The fourth-order valence-corrected chi connectivity index (χ4v) is 3.88. The molecule has 0 aliphatic carbocycles. The summed E-state index contributed by atoms with van der Waals surface area (Å²) in [4.78, 5) is 24.7. The quantitative estimate of drug-likeness (QED) is 0.703. The van der Waals surface area contributed by atoms with Gasteiger partial charge in [0, 0.05) is 12.4 Å². The molecule has 6 nitrogen and oxygen atoms in total. The molecule has 2 N–H and O–H groups in total. The van der Waals surface area contributed by atoms with E-state index in [0.29, 0.717) is 6.54 Å². The van der Waals surface area contributed by atoms with Gasteiger partial charge in [0.25, 0.3) is 5.91 Å². The van der Waals surface area contributed by atoms with Gasteiger partial charge in [-0.2, -0.15) is 0 Å². The van der Waals surface area contributed by atoms with Crippen molar-refractivity contribution in [2.75, 3.05) is 37.6 Å². The Morgan fingerprint density at radius 2 is 1.79 bits per heavy atom. The molecule has 2 aromatic carbocycles. The number of carbonyl (C=O) groups is 1. The first-order valence-corrected chi connectivity index (χ1v) is 9.83. The van der Waals surface area contributed by atoms with Gasteiger partial charge in [-0.05, 0) is 29.3 Å². The molecular weight excluding hydrogens is 350 g/mol. The second-order valence-corrected chi connectivity index (χ2v) is 7.32. The molecule has 6 heteroatoms. The molecule has 1 aliphatic heterocycles. The van der Waals surface area contributed by atoms with Crippen LogP contribution in [-0.4, -0.2) is 48.6 Å². The third-order valence-corrected chi connectivity index (χ3v) is 5.38. The summed E-state index contributed by atoms with van der Waals surface area (Å²) in [6, 6.07) is 16.4. The second-order valence-electron chi connectivity index (χ2n) is 7.32. The van der Waals surface area contributed by atoms with Crippen molar-refractivity contribution in [3.8, 4) is 0 Å². The summed E-state index contributed by atoms with van der Waals surface area (Å²) in [5.41, 5.74) is 1.16. The highest BCUT2D eigenvalue weighted by Crippen LogP contribution is 2.23. The van der Waals surface area contributed by atoms with Crippen LogP contribution in [0.15, 0.2) is 60.9 Å². The van der Waals surface area contributed by atoms with Gasteiger partial charge in [0.15, 0.2) is 6.54 Å². The van der Waals surface area contributed by atoms with E-state index in [2.05, 4.69) is 57.4 Å². The maximum absolute atomic E-state index is 12.6. The Bertz CT molecular complexity index is 933. The zero-order valence-electron chi connectivity index (χ0n) is 16.1. The summed E-state index contributed by atoms with van der Waals surface area (Å²) >= 11 is 0.